The zero-order valence-electron chi connectivity index (χ0n) is 11.1. The third-order valence-corrected chi connectivity index (χ3v) is 5.74. The van der Waals surface area contributed by atoms with Gasteiger partial charge in [-0.1, -0.05) is 41.0 Å². The van der Waals surface area contributed by atoms with E-state index in [-0.39, 0.29) is 0 Å². The molecular formula is C14H11Cl2N3S2. The maximum atomic E-state index is 6.18. The Hall–Kier alpha value is -1.01. The molecule has 3 rings (SSSR count). The molecule has 0 radical (unpaired) electrons. The minimum Gasteiger partial charge on any atom is -0.277 e. The Labute approximate surface area is 140 Å². The summed E-state index contributed by atoms with van der Waals surface area (Å²) in [5, 5.41) is 9.74. The molecule has 21 heavy (non-hydrogen) atoms. The Morgan fingerprint density at radius 3 is 2.81 bits per heavy atom. The first-order valence-corrected chi connectivity index (χ1v) is 8.73. The summed E-state index contributed by atoms with van der Waals surface area (Å²) >= 11 is 15.3. The number of aromatic nitrogens is 3. The highest BCUT2D eigenvalue weighted by Gasteiger charge is 2.09. The molecule has 0 atom stereocenters. The predicted molar refractivity (Wildman–Crippen MR) is 90.0 cm³/mol. The number of thiophene rings is 1. The quantitative estimate of drug-likeness (QED) is 0.599. The van der Waals surface area contributed by atoms with E-state index in [0.717, 1.165) is 31.5 Å². The zero-order valence-corrected chi connectivity index (χ0v) is 14.2. The van der Waals surface area contributed by atoms with Crippen molar-refractivity contribution in [2.24, 2.45) is 0 Å². The fraction of sp³-hybridized carbons (Fsp3) is 0.143. The Morgan fingerprint density at radius 1 is 1.24 bits per heavy atom. The number of benzene rings is 1. The van der Waals surface area contributed by atoms with E-state index in [1.807, 2.05) is 41.8 Å². The number of thioether (sulfide) groups is 1. The van der Waals surface area contributed by atoms with E-state index in [0.29, 0.717) is 0 Å². The minimum absolute atomic E-state index is 0.738. The molecule has 108 valence electrons. The summed E-state index contributed by atoms with van der Waals surface area (Å²) in [5.74, 6) is 0.815. The second-order valence-corrected chi connectivity index (χ2v) is 7.56. The third-order valence-electron chi connectivity index (χ3n) is 2.92. The molecule has 0 saturated heterocycles. The molecule has 0 fully saturated rings. The monoisotopic (exact) mass is 355 g/mol. The topological polar surface area (TPSA) is 30.7 Å². The molecule has 0 spiro atoms. The first kappa shape index (κ1) is 14.9. The molecule has 1 aromatic carbocycles. The number of nitrogens with zero attached hydrogens (tertiary/aromatic N) is 3. The molecule has 3 aromatic rings. The maximum absolute atomic E-state index is 6.18. The summed E-state index contributed by atoms with van der Waals surface area (Å²) in [5.41, 5.74) is 2.01. The van der Waals surface area contributed by atoms with Crippen LogP contribution in [0.1, 0.15) is 10.4 Å². The minimum atomic E-state index is 0.738. The van der Waals surface area contributed by atoms with E-state index in [1.165, 1.54) is 4.88 Å². The second kappa shape index (κ2) is 6.40. The van der Waals surface area contributed by atoms with Crippen LogP contribution in [0.2, 0.25) is 9.36 Å². The molecule has 0 amide bonds. The van der Waals surface area contributed by atoms with Gasteiger partial charge in [0.2, 0.25) is 0 Å². The smallest absolute Gasteiger partial charge is 0.195 e. The number of hydrogen-bond acceptors (Lipinski definition) is 4. The van der Waals surface area contributed by atoms with Gasteiger partial charge in [0.1, 0.15) is 6.33 Å². The summed E-state index contributed by atoms with van der Waals surface area (Å²) < 4.78 is 2.74. The average Bonchev–Trinajstić information content (AvgIpc) is 3.08. The zero-order chi connectivity index (χ0) is 14.8. The van der Waals surface area contributed by atoms with Gasteiger partial charge in [-0.15, -0.1) is 21.5 Å². The Bertz CT molecular complexity index is 767. The molecule has 0 saturated carbocycles. The van der Waals surface area contributed by atoms with Crippen molar-refractivity contribution in [2.45, 2.75) is 17.8 Å². The lowest BCUT2D eigenvalue weighted by atomic mass is 10.2. The van der Waals surface area contributed by atoms with Gasteiger partial charge in [0.05, 0.1) is 10.0 Å². The lowest BCUT2D eigenvalue weighted by Gasteiger charge is -2.07. The summed E-state index contributed by atoms with van der Waals surface area (Å²) in [4.78, 5) is 1.21. The van der Waals surface area contributed by atoms with Crippen molar-refractivity contribution in [3.63, 3.8) is 0 Å². The van der Waals surface area contributed by atoms with Crippen LogP contribution in [0, 0.1) is 6.92 Å². The third kappa shape index (κ3) is 3.43. The first-order valence-electron chi connectivity index (χ1n) is 6.17. The number of hydrogen-bond donors (Lipinski definition) is 0. The van der Waals surface area contributed by atoms with Crippen molar-refractivity contribution in [1.29, 1.82) is 0 Å². The van der Waals surface area contributed by atoms with Crippen LogP contribution in [0.5, 0.6) is 0 Å². The fourth-order valence-electron chi connectivity index (χ4n) is 1.80. The van der Waals surface area contributed by atoms with Gasteiger partial charge in [-0.25, -0.2) is 0 Å². The van der Waals surface area contributed by atoms with Gasteiger partial charge in [0.15, 0.2) is 5.16 Å². The molecular weight excluding hydrogens is 345 g/mol. The van der Waals surface area contributed by atoms with Crippen LogP contribution < -0.4 is 0 Å². The van der Waals surface area contributed by atoms with Crippen LogP contribution in [0.4, 0.5) is 0 Å². The average molecular weight is 356 g/mol. The molecule has 0 unspecified atom stereocenters. The molecule has 0 aliphatic carbocycles. The largest absolute Gasteiger partial charge is 0.277 e. The van der Waals surface area contributed by atoms with Crippen LogP contribution >= 0.6 is 46.3 Å². The number of aryl methyl sites for hydroxylation is 1. The van der Waals surface area contributed by atoms with E-state index < -0.39 is 0 Å². The first-order chi connectivity index (χ1) is 10.1. The standard InChI is InChI=1S/C14H11Cl2N3S2/c1-9-2-3-10(6-12(9)15)19-8-17-18-14(19)20-7-11-4-5-13(16)21-11/h2-6,8H,7H2,1H3. The van der Waals surface area contributed by atoms with E-state index >= 15 is 0 Å². The number of halogens is 2. The van der Waals surface area contributed by atoms with Gasteiger partial charge in [-0.2, -0.15) is 0 Å². The van der Waals surface area contributed by atoms with E-state index in [9.17, 15) is 0 Å². The van der Waals surface area contributed by atoms with E-state index in [1.54, 1.807) is 29.4 Å². The summed E-state index contributed by atoms with van der Waals surface area (Å²) in [7, 11) is 0. The van der Waals surface area contributed by atoms with Crippen molar-refractivity contribution in [3.05, 3.63) is 56.5 Å². The van der Waals surface area contributed by atoms with E-state index in [4.69, 9.17) is 23.2 Å². The summed E-state index contributed by atoms with van der Waals surface area (Å²) in [6.45, 7) is 1.98. The van der Waals surface area contributed by atoms with Crippen LogP contribution in [0.15, 0.2) is 41.8 Å². The van der Waals surface area contributed by atoms with Crippen molar-refractivity contribution in [1.82, 2.24) is 14.8 Å². The van der Waals surface area contributed by atoms with Gasteiger partial charge in [0, 0.05) is 15.7 Å². The molecule has 2 aromatic heterocycles. The number of rotatable bonds is 4. The highest BCUT2D eigenvalue weighted by molar-refractivity contribution is 7.98. The van der Waals surface area contributed by atoms with Crippen molar-refractivity contribution in [3.8, 4) is 5.69 Å². The van der Waals surface area contributed by atoms with Gasteiger partial charge in [-0.05, 0) is 36.8 Å². The lowest BCUT2D eigenvalue weighted by molar-refractivity contribution is 0.883. The normalized spacial score (nSPS) is 11.0. The highest BCUT2D eigenvalue weighted by atomic mass is 35.5. The SMILES string of the molecule is Cc1ccc(-n2cnnc2SCc2ccc(Cl)s2)cc1Cl. The molecule has 0 aliphatic heterocycles. The van der Waals surface area contributed by atoms with E-state index in [2.05, 4.69) is 10.2 Å². The fourth-order valence-corrected chi connectivity index (χ4v) is 4.03. The molecule has 7 heteroatoms. The lowest BCUT2D eigenvalue weighted by Crippen LogP contribution is -1.95. The summed E-state index contributed by atoms with van der Waals surface area (Å²) in [6.07, 6.45) is 1.70. The Balaban J connectivity index is 1.81. The second-order valence-electron chi connectivity index (χ2n) is 4.41. The molecule has 0 aliphatic rings. The van der Waals surface area contributed by atoms with Crippen LogP contribution in [0.3, 0.4) is 0 Å². The molecule has 0 N–H and O–H groups in total. The molecule has 0 bridgehead atoms. The van der Waals surface area contributed by atoms with Crippen molar-refractivity contribution >= 4 is 46.3 Å². The van der Waals surface area contributed by atoms with Crippen LogP contribution in [0.25, 0.3) is 5.69 Å². The van der Waals surface area contributed by atoms with Crippen LogP contribution in [-0.4, -0.2) is 14.8 Å². The van der Waals surface area contributed by atoms with Gasteiger partial charge < -0.3 is 0 Å². The highest BCUT2D eigenvalue weighted by Crippen LogP contribution is 2.29. The van der Waals surface area contributed by atoms with Crippen LogP contribution in [-0.2, 0) is 5.75 Å². The van der Waals surface area contributed by atoms with Gasteiger partial charge >= 0.3 is 0 Å². The Kier molecular flexibility index (Phi) is 4.54. The Morgan fingerprint density at radius 2 is 2.10 bits per heavy atom. The molecule has 3 nitrogen and oxygen atoms in total. The predicted octanol–water partition coefficient (Wildman–Crippen LogP) is 5.24. The maximum Gasteiger partial charge on any atom is 0.195 e. The van der Waals surface area contributed by atoms with Gasteiger partial charge in [-0.3, -0.25) is 4.57 Å². The van der Waals surface area contributed by atoms with Crippen molar-refractivity contribution < 1.29 is 0 Å². The summed E-state index contributed by atoms with van der Waals surface area (Å²) in [6, 6.07) is 9.87. The van der Waals surface area contributed by atoms with Gasteiger partial charge in [0.25, 0.3) is 0 Å². The van der Waals surface area contributed by atoms with Crippen molar-refractivity contribution in [2.75, 3.05) is 0 Å². The molecule has 2 heterocycles.